The predicted molar refractivity (Wildman–Crippen MR) is 173 cm³/mol. The van der Waals surface area contributed by atoms with Crippen molar-refractivity contribution in [2.75, 3.05) is 13.2 Å². The molecule has 0 aliphatic carbocycles. The number of aliphatic hydroxyl groups excluding tert-OH is 1. The second-order valence-electron chi connectivity index (χ2n) is 12.0. The van der Waals surface area contributed by atoms with Crippen molar-refractivity contribution in [3.05, 3.63) is 12.2 Å². The van der Waals surface area contributed by atoms with E-state index >= 15 is 0 Å². The molecule has 0 aromatic rings. The fourth-order valence-corrected chi connectivity index (χ4v) is 5.08. The highest BCUT2D eigenvalue weighted by atomic mass is 16.6. The fourth-order valence-electron chi connectivity index (χ4n) is 5.08. The van der Waals surface area contributed by atoms with E-state index in [1.54, 1.807) is 0 Å². The van der Waals surface area contributed by atoms with Crippen molar-refractivity contribution < 1.29 is 24.2 Å². The van der Waals surface area contributed by atoms with Crippen molar-refractivity contribution in [1.82, 2.24) is 0 Å². The van der Waals surface area contributed by atoms with Crippen LogP contribution in [0.4, 0.5) is 0 Å². The van der Waals surface area contributed by atoms with Gasteiger partial charge < -0.3 is 14.6 Å². The maximum atomic E-state index is 12.1. The number of carbonyl (C=O) groups excluding carboxylic acids is 2. The van der Waals surface area contributed by atoms with Gasteiger partial charge in [0.15, 0.2) is 6.10 Å². The lowest BCUT2D eigenvalue weighted by atomic mass is 10.1. The Hall–Kier alpha value is -1.36. The molecule has 0 fully saturated rings. The van der Waals surface area contributed by atoms with Crippen LogP contribution in [0.1, 0.15) is 187 Å². The molecule has 41 heavy (non-hydrogen) atoms. The molecule has 1 unspecified atom stereocenters. The summed E-state index contributed by atoms with van der Waals surface area (Å²) in [5.74, 6) is -0.596. The molecule has 242 valence electrons. The molecule has 5 heteroatoms. The van der Waals surface area contributed by atoms with Crippen LogP contribution in [-0.4, -0.2) is 36.4 Å². The minimum absolute atomic E-state index is 0.0639. The molecule has 5 nitrogen and oxygen atoms in total. The summed E-state index contributed by atoms with van der Waals surface area (Å²) >= 11 is 0. The molecule has 0 aromatic heterocycles. The smallest absolute Gasteiger partial charge is 0.306 e. The van der Waals surface area contributed by atoms with E-state index in [4.69, 9.17) is 9.47 Å². The molecule has 0 bridgehead atoms. The minimum atomic E-state index is -0.767. The van der Waals surface area contributed by atoms with Crippen LogP contribution in [0.5, 0.6) is 0 Å². The Morgan fingerprint density at radius 3 is 1.32 bits per heavy atom. The normalized spacial score (nSPS) is 12.2. The van der Waals surface area contributed by atoms with E-state index < -0.39 is 6.10 Å². The van der Waals surface area contributed by atoms with Gasteiger partial charge in [0, 0.05) is 12.8 Å². The van der Waals surface area contributed by atoms with Gasteiger partial charge in [-0.2, -0.15) is 0 Å². The lowest BCUT2D eigenvalue weighted by Gasteiger charge is -2.15. The maximum absolute atomic E-state index is 12.1. The zero-order valence-corrected chi connectivity index (χ0v) is 27.3. The molecule has 0 spiro atoms. The lowest BCUT2D eigenvalue weighted by Crippen LogP contribution is -2.28. The first-order chi connectivity index (χ1) is 20.1. The van der Waals surface area contributed by atoms with Crippen LogP contribution in [0, 0.1) is 0 Å². The van der Waals surface area contributed by atoms with Crippen LogP contribution in [0.25, 0.3) is 0 Å². The molecule has 1 N–H and O–H groups in total. The summed E-state index contributed by atoms with van der Waals surface area (Å²) in [4.78, 5) is 24.1. The van der Waals surface area contributed by atoms with Gasteiger partial charge in [-0.3, -0.25) is 9.59 Å². The Labute approximate surface area is 254 Å². The molecule has 0 aliphatic rings. The molecule has 0 rings (SSSR count). The summed E-state index contributed by atoms with van der Waals surface area (Å²) in [6, 6.07) is 0. The molecule has 0 radical (unpaired) electrons. The molecule has 0 heterocycles. The number of ether oxygens (including phenoxy) is 2. The number of carbonyl (C=O) groups is 2. The van der Waals surface area contributed by atoms with Gasteiger partial charge in [0.05, 0.1) is 6.61 Å². The van der Waals surface area contributed by atoms with Crippen LogP contribution < -0.4 is 0 Å². The van der Waals surface area contributed by atoms with Gasteiger partial charge in [0.25, 0.3) is 0 Å². The number of rotatable bonds is 32. The molecular formula is C36H68O5. The molecule has 0 aromatic carbocycles. The second kappa shape index (κ2) is 33.1. The van der Waals surface area contributed by atoms with Gasteiger partial charge in [-0.1, -0.05) is 148 Å². The molecular weight excluding hydrogens is 512 g/mol. The van der Waals surface area contributed by atoms with E-state index in [-0.39, 0.29) is 25.2 Å². The number of hydrogen-bond acceptors (Lipinski definition) is 5. The fraction of sp³-hybridized carbons (Fsp3) is 0.889. The summed E-state index contributed by atoms with van der Waals surface area (Å²) < 4.78 is 10.6. The SMILES string of the molecule is CCCCCCCCC/C=C\CCCCCCCC(=O)OC(CO)COC(=O)CCCCCCCCCCCCC. The predicted octanol–water partition coefficient (Wildman–Crippen LogP) is 10.6. The zero-order chi connectivity index (χ0) is 30.1. The highest BCUT2D eigenvalue weighted by molar-refractivity contribution is 5.70. The minimum Gasteiger partial charge on any atom is -0.462 e. The van der Waals surface area contributed by atoms with E-state index in [1.807, 2.05) is 0 Å². The van der Waals surface area contributed by atoms with Crippen molar-refractivity contribution in [3.63, 3.8) is 0 Å². The van der Waals surface area contributed by atoms with E-state index in [0.29, 0.717) is 12.8 Å². The van der Waals surface area contributed by atoms with E-state index in [1.165, 1.54) is 116 Å². The van der Waals surface area contributed by atoms with Crippen molar-refractivity contribution in [2.24, 2.45) is 0 Å². The maximum Gasteiger partial charge on any atom is 0.306 e. The summed E-state index contributed by atoms with van der Waals surface area (Å²) in [6.45, 7) is 4.12. The van der Waals surface area contributed by atoms with Crippen LogP contribution in [-0.2, 0) is 19.1 Å². The average molecular weight is 581 g/mol. The average Bonchev–Trinajstić information content (AvgIpc) is 2.97. The summed E-state index contributed by atoms with van der Waals surface area (Å²) in [6.07, 6.45) is 35.5. The number of esters is 2. The van der Waals surface area contributed by atoms with Gasteiger partial charge >= 0.3 is 11.9 Å². The number of hydrogen-bond donors (Lipinski definition) is 1. The van der Waals surface area contributed by atoms with Crippen LogP contribution >= 0.6 is 0 Å². The third-order valence-electron chi connectivity index (χ3n) is 7.81. The third-order valence-corrected chi connectivity index (χ3v) is 7.81. The first kappa shape index (κ1) is 39.6. The van der Waals surface area contributed by atoms with Crippen LogP contribution in [0.2, 0.25) is 0 Å². The monoisotopic (exact) mass is 581 g/mol. The number of aliphatic hydroxyl groups is 1. The standard InChI is InChI=1S/C36H68O5/c1-3-5-7-9-11-13-15-16-17-18-19-21-23-25-27-29-31-36(39)41-34(32-37)33-40-35(38)30-28-26-24-22-20-14-12-10-8-6-4-2/h17-18,34,37H,3-16,19-33H2,1-2H3/b18-17-. The van der Waals surface area contributed by atoms with Crippen molar-refractivity contribution in [1.29, 1.82) is 0 Å². The van der Waals surface area contributed by atoms with Gasteiger partial charge in [-0.05, 0) is 38.5 Å². The second-order valence-corrected chi connectivity index (χ2v) is 12.0. The van der Waals surface area contributed by atoms with E-state index in [2.05, 4.69) is 26.0 Å². The quantitative estimate of drug-likeness (QED) is 0.0487. The number of unbranched alkanes of at least 4 members (excludes halogenated alkanes) is 22. The molecule has 0 amide bonds. The summed E-state index contributed by atoms with van der Waals surface area (Å²) in [5.41, 5.74) is 0. The third kappa shape index (κ3) is 31.4. The first-order valence-corrected chi connectivity index (χ1v) is 17.7. The number of allylic oxidation sites excluding steroid dienone is 2. The zero-order valence-electron chi connectivity index (χ0n) is 27.3. The molecule has 0 saturated carbocycles. The molecule has 0 aliphatic heterocycles. The van der Waals surface area contributed by atoms with Gasteiger partial charge in [-0.25, -0.2) is 0 Å². The summed E-state index contributed by atoms with van der Waals surface area (Å²) in [7, 11) is 0. The molecule has 1 atom stereocenters. The van der Waals surface area contributed by atoms with Crippen molar-refractivity contribution in [2.45, 2.75) is 193 Å². The van der Waals surface area contributed by atoms with Gasteiger partial charge in [-0.15, -0.1) is 0 Å². The Morgan fingerprint density at radius 2 is 0.902 bits per heavy atom. The Bertz CT molecular complexity index is 589. The Balaban J connectivity index is 3.56. The molecule has 0 saturated heterocycles. The lowest BCUT2D eigenvalue weighted by molar-refractivity contribution is -0.161. The Morgan fingerprint density at radius 1 is 0.537 bits per heavy atom. The largest absolute Gasteiger partial charge is 0.462 e. The van der Waals surface area contributed by atoms with E-state index in [9.17, 15) is 14.7 Å². The topological polar surface area (TPSA) is 72.8 Å². The van der Waals surface area contributed by atoms with Crippen molar-refractivity contribution >= 4 is 11.9 Å². The van der Waals surface area contributed by atoms with Crippen LogP contribution in [0.15, 0.2) is 12.2 Å². The highest BCUT2D eigenvalue weighted by Gasteiger charge is 2.16. The Kier molecular flexibility index (Phi) is 32.0. The van der Waals surface area contributed by atoms with Crippen LogP contribution in [0.3, 0.4) is 0 Å². The first-order valence-electron chi connectivity index (χ1n) is 17.7. The highest BCUT2D eigenvalue weighted by Crippen LogP contribution is 2.13. The van der Waals surface area contributed by atoms with Gasteiger partial charge in [0.1, 0.15) is 6.61 Å². The van der Waals surface area contributed by atoms with Crippen molar-refractivity contribution in [3.8, 4) is 0 Å². The summed E-state index contributed by atoms with van der Waals surface area (Å²) in [5, 5.41) is 9.50. The van der Waals surface area contributed by atoms with Gasteiger partial charge in [0.2, 0.25) is 0 Å². The van der Waals surface area contributed by atoms with E-state index in [0.717, 1.165) is 44.9 Å².